The fraction of sp³-hybridized carbons (Fsp3) is 0.389. The lowest BCUT2D eigenvalue weighted by molar-refractivity contribution is -0.131. The van der Waals surface area contributed by atoms with E-state index in [1.807, 2.05) is 49.0 Å². The number of nitrogens with one attached hydrogen (secondary N) is 1. The van der Waals surface area contributed by atoms with E-state index in [0.29, 0.717) is 6.54 Å². The van der Waals surface area contributed by atoms with Crippen molar-refractivity contribution in [3.05, 3.63) is 42.1 Å². The maximum absolute atomic E-state index is 12.4. The van der Waals surface area contributed by atoms with E-state index in [1.54, 1.807) is 11.1 Å². The van der Waals surface area contributed by atoms with Crippen molar-refractivity contribution in [3.63, 3.8) is 0 Å². The first-order chi connectivity index (χ1) is 11.6. The van der Waals surface area contributed by atoms with Crippen LogP contribution in [0.2, 0.25) is 0 Å². The van der Waals surface area contributed by atoms with Crippen molar-refractivity contribution in [1.82, 2.24) is 20.0 Å². The Bertz CT molecular complexity index is 723. The van der Waals surface area contributed by atoms with E-state index < -0.39 is 0 Å². The molecule has 0 saturated carbocycles. The van der Waals surface area contributed by atoms with Crippen LogP contribution in [0.5, 0.6) is 0 Å². The van der Waals surface area contributed by atoms with Crippen molar-refractivity contribution in [2.75, 3.05) is 6.54 Å². The Morgan fingerprint density at radius 2 is 2.08 bits per heavy atom. The predicted molar refractivity (Wildman–Crippen MR) is 91.0 cm³/mol. The summed E-state index contributed by atoms with van der Waals surface area (Å²) in [5, 5.41) is 7.19. The van der Waals surface area contributed by atoms with Gasteiger partial charge in [-0.15, -0.1) is 0 Å². The van der Waals surface area contributed by atoms with E-state index in [-0.39, 0.29) is 18.0 Å². The summed E-state index contributed by atoms with van der Waals surface area (Å²) in [7, 11) is 1.91. The van der Waals surface area contributed by atoms with Crippen LogP contribution in [0.15, 0.2) is 36.5 Å². The highest BCUT2D eigenvalue weighted by atomic mass is 16.2. The summed E-state index contributed by atoms with van der Waals surface area (Å²) >= 11 is 0. The van der Waals surface area contributed by atoms with Crippen molar-refractivity contribution in [3.8, 4) is 11.3 Å². The molecule has 0 bridgehead atoms. The number of benzene rings is 1. The molecule has 1 N–H and O–H groups in total. The number of likely N-dealkylation sites (tertiary alicyclic amines) is 1. The quantitative estimate of drug-likeness (QED) is 0.853. The molecule has 0 radical (unpaired) electrons. The second-order valence-corrected chi connectivity index (χ2v) is 6.19. The number of aromatic nitrogens is 2. The number of nitrogens with zero attached hydrogens (tertiary/aromatic N) is 3. The highest BCUT2D eigenvalue weighted by Gasteiger charge is 2.30. The van der Waals surface area contributed by atoms with Gasteiger partial charge in [-0.3, -0.25) is 14.3 Å². The molecular weight excluding hydrogens is 304 g/mol. The fourth-order valence-corrected chi connectivity index (χ4v) is 3.19. The first-order valence-corrected chi connectivity index (χ1v) is 8.20. The third-order valence-electron chi connectivity index (χ3n) is 4.62. The van der Waals surface area contributed by atoms with Gasteiger partial charge in [0.05, 0.1) is 11.7 Å². The van der Waals surface area contributed by atoms with Crippen molar-refractivity contribution in [2.24, 2.45) is 7.05 Å². The van der Waals surface area contributed by atoms with Crippen molar-refractivity contribution in [1.29, 1.82) is 0 Å². The van der Waals surface area contributed by atoms with E-state index >= 15 is 0 Å². The van der Waals surface area contributed by atoms with Gasteiger partial charge < -0.3 is 10.2 Å². The van der Waals surface area contributed by atoms with Crippen LogP contribution in [-0.2, 0) is 16.6 Å². The standard InChI is InChI=1S/C18H22N4O2/c1-13(20-18(24)17-4-3-11-22(17)12-23)14-5-7-15(8-6-14)16-9-10-19-21(16)2/h5-10,12-13,17H,3-4,11H2,1-2H3,(H,20,24). The van der Waals surface area contributed by atoms with Gasteiger partial charge in [0.2, 0.25) is 12.3 Å². The van der Waals surface area contributed by atoms with Gasteiger partial charge in [0, 0.05) is 19.8 Å². The van der Waals surface area contributed by atoms with Gasteiger partial charge in [-0.1, -0.05) is 24.3 Å². The van der Waals surface area contributed by atoms with Crippen LogP contribution >= 0.6 is 0 Å². The number of amides is 2. The summed E-state index contributed by atoms with van der Waals surface area (Å²) in [6.45, 7) is 2.62. The molecule has 2 atom stereocenters. The minimum Gasteiger partial charge on any atom is -0.348 e. The Labute approximate surface area is 141 Å². The monoisotopic (exact) mass is 326 g/mol. The van der Waals surface area contributed by atoms with E-state index in [1.165, 1.54) is 0 Å². The number of carbonyl (C=O) groups excluding carboxylic acids is 2. The third-order valence-corrected chi connectivity index (χ3v) is 4.62. The lowest BCUT2D eigenvalue weighted by atomic mass is 10.0. The molecule has 2 aromatic rings. The zero-order valence-electron chi connectivity index (χ0n) is 14.0. The fourth-order valence-electron chi connectivity index (χ4n) is 3.19. The number of carbonyl (C=O) groups is 2. The lowest BCUT2D eigenvalue weighted by Crippen LogP contribution is -2.43. The number of rotatable bonds is 5. The molecule has 1 aromatic heterocycles. The van der Waals surface area contributed by atoms with Gasteiger partial charge in [-0.2, -0.15) is 5.10 Å². The van der Waals surface area contributed by atoms with Crippen LogP contribution in [-0.4, -0.2) is 39.6 Å². The molecule has 24 heavy (non-hydrogen) atoms. The van der Waals surface area contributed by atoms with Gasteiger partial charge in [0.25, 0.3) is 0 Å². The molecule has 6 heteroatoms. The molecule has 2 unspecified atom stereocenters. The Kier molecular flexibility index (Phi) is 4.64. The first-order valence-electron chi connectivity index (χ1n) is 8.20. The molecule has 1 aliphatic rings. The van der Waals surface area contributed by atoms with Gasteiger partial charge in [0.1, 0.15) is 6.04 Å². The molecular formula is C18H22N4O2. The smallest absolute Gasteiger partial charge is 0.243 e. The molecule has 1 aromatic carbocycles. The molecule has 1 saturated heterocycles. The first kappa shape index (κ1) is 16.2. The summed E-state index contributed by atoms with van der Waals surface area (Å²) in [6, 6.07) is 9.61. The van der Waals surface area contributed by atoms with Crippen molar-refractivity contribution in [2.45, 2.75) is 31.8 Å². The number of hydrogen-bond acceptors (Lipinski definition) is 3. The molecule has 2 amide bonds. The molecule has 1 fully saturated rings. The van der Waals surface area contributed by atoms with Crippen molar-refractivity contribution >= 4 is 12.3 Å². The number of hydrogen-bond donors (Lipinski definition) is 1. The molecule has 3 rings (SSSR count). The van der Waals surface area contributed by atoms with Crippen LogP contribution in [0.3, 0.4) is 0 Å². The van der Waals surface area contributed by atoms with E-state index in [4.69, 9.17) is 0 Å². The topological polar surface area (TPSA) is 67.2 Å². The third kappa shape index (κ3) is 3.18. The summed E-state index contributed by atoms with van der Waals surface area (Å²) in [4.78, 5) is 24.9. The number of aryl methyl sites for hydroxylation is 1. The predicted octanol–water partition coefficient (Wildman–Crippen LogP) is 1.89. The Morgan fingerprint density at radius 3 is 2.71 bits per heavy atom. The molecule has 6 nitrogen and oxygen atoms in total. The maximum atomic E-state index is 12.4. The second-order valence-electron chi connectivity index (χ2n) is 6.19. The second kappa shape index (κ2) is 6.86. The Morgan fingerprint density at radius 1 is 1.33 bits per heavy atom. The molecule has 0 spiro atoms. The van der Waals surface area contributed by atoms with Crippen LogP contribution in [0, 0.1) is 0 Å². The largest absolute Gasteiger partial charge is 0.348 e. The minimum absolute atomic E-state index is 0.0807. The summed E-state index contributed by atoms with van der Waals surface area (Å²) in [5.74, 6) is -0.0807. The summed E-state index contributed by atoms with van der Waals surface area (Å²) in [6.07, 6.45) is 4.15. The van der Waals surface area contributed by atoms with E-state index in [0.717, 1.165) is 36.1 Å². The molecule has 0 aliphatic carbocycles. The molecule has 1 aliphatic heterocycles. The minimum atomic E-state index is -0.335. The van der Waals surface area contributed by atoms with E-state index in [2.05, 4.69) is 10.4 Å². The van der Waals surface area contributed by atoms with Crippen LogP contribution < -0.4 is 5.32 Å². The molecule has 126 valence electrons. The zero-order chi connectivity index (χ0) is 17.1. The average molecular weight is 326 g/mol. The van der Waals surface area contributed by atoms with Gasteiger partial charge in [-0.25, -0.2) is 0 Å². The highest BCUT2D eigenvalue weighted by Crippen LogP contribution is 2.22. The highest BCUT2D eigenvalue weighted by molar-refractivity contribution is 5.84. The summed E-state index contributed by atoms with van der Waals surface area (Å²) < 4.78 is 1.83. The lowest BCUT2D eigenvalue weighted by Gasteiger charge is -2.22. The average Bonchev–Trinajstić information content (AvgIpc) is 3.23. The van der Waals surface area contributed by atoms with Crippen LogP contribution in [0.25, 0.3) is 11.3 Å². The van der Waals surface area contributed by atoms with Crippen LogP contribution in [0.4, 0.5) is 0 Å². The SMILES string of the molecule is CC(NC(=O)C1CCCN1C=O)c1ccc(-c2ccnn2C)cc1. The maximum Gasteiger partial charge on any atom is 0.243 e. The Hall–Kier alpha value is -2.63. The molecule has 2 heterocycles. The zero-order valence-corrected chi connectivity index (χ0v) is 14.0. The summed E-state index contributed by atoms with van der Waals surface area (Å²) in [5.41, 5.74) is 3.16. The van der Waals surface area contributed by atoms with E-state index in [9.17, 15) is 9.59 Å². The van der Waals surface area contributed by atoms with Gasteiger partial charge >= 0.3 is 0 Å². The van der Waals surface area contributed by atoms with Gasteiger partial charge in [0.15, 0.2) is 0 Å². The van der Waals surface area contributed by atoms with Gasteiger partial charge in [-0.05, 0) is 37.0 Å². The van der Waals surface area contributed by atoms with Crippen molar-refractivity contribution < 1.29 is 9.59 Å². The van der Waals surface area contributed by atoms with Crippen LogP contribution in [0.1, 0.15) is 31.4 Å². The Balaban J connectivity index is 1.67. The normalized spacial score (nSPS) is 18.4.